The largest absolute Gasteiger partial charge is 0.259 e. The maximum atomic E-state index is 13.6. The molecule has 94 valence electrons. The molecule has 0 spiro atoms. The summed E-state index contributed by atoms with van der Waals surface area (Å²) in [5, 5.41) is 6.63. The van der Waals surface area contributed by atoms with Gasteiger partial charge in [0.05, 0.1) is 5.56 Å². The highest BCUT2D eigenvalue weighted by Gasteiger charge is 2.14. The fourth-order valence-corrected chi connectivity index (χ4v) is 1.79. The van der Waals surface area contributed by atoms with E-state index in [4.69, 9.17) is 0 Å². The van der Waals surface area contributed by atoms with Crippen LogP contribution in [0.3, 0.4) is 0 Å². The number of halogens is 2. The van der Waals surface area contributed by atoms with E-state index in [9.17, 15) is 8.78 Å². The van der Waals surface area contributed by atoms with E-state index in [1.807, 2.05) is 30.3 Å². The lowest BCUT2D eigenvalue weighted by Gasteiger charge is -1.98. The van der Waals surface area contributed by atoms with Crippen molar-refractivity contribution in [1.29, 1.82) is 0 Å². The van der Waals surface area contributed by atoms with Crippen LogP contribution in [0, 0.1) is 11.6 Å². The van der Waals surface area contributed by atoms with Crippen molar-refractivity contribution in [1.82, 2.24) is 15.2 Å². The van der Waals surface area contributed by atoms with Gasteiger partial charge in [0.15, 0.2) is 23.3 Å². The van der Waals surface area contributed by atoms with Crippen LogP contribution in [0.25, 0.3) is 22.8 Å². The van der Waals surface area contributed by atoms with Crippen LogP contribution < -0.4 is 0 Å². The number of hydrogen-bond donors (Lipinski definition) is 1. The lowest BCUT2D eigenvalue weighted by Crippen LogP contribution is -1.90. The first kappa shape index (κ1) is 11.5. The maximum Gasteiger partial charge on any atom is 0.181 e. The number of nitrogens with zero attached hydrogens (tertiary/aromatic N) is 2. The van der Waals surface area contributed by atoms with Crippen LogP contribution in [0.15, 0.2) is 48.5 Å². The molecule has 0 unspecified atom stereocenters. The summed E-state index contributed by atoms with van der Waals surface area (Å²) in [5.41, 5.74) is 0.872. The minimum absolute atomic E-state index is 0.0645. The van der Waals surface area contributed by atoms with E-state index in [1.54, 1.807) is 0 Å². The number of hydrogen-bond acceptors (Lipinski definition) is 2. The van der Waals surface area contributed by atoms with Gasteiger partial charge in [-0.15, -0.1) is 0 Å². The summed E-state index contributed by atoms with van der Waals surface area (Å²) < 4.78 is 26.8. The van der Waals surface area contributed by atoms with Crippen LogP contribution in [-0.4, -0.2) is 15.2 Å². The average molecular weight is 257 g/mol. The van der Waals surface area contributed by atoms with Crippen molar-refractivity contribution in [2.45, 2.75) is 0 Å². The SMILES string of the molecule is Fc1cccc(-c2nc(-c3ccccc3)n[nH]2)c1F. The third-order valence-corrected chi connectivity index (χ3v) is 2.72. The Hall–Kier alpha value is -2.56. The third kappa shape index (κ3) is 2.10. The molecular formula is C14H9F2N3. The molecule has 0 radical (unpaired) electrons. The molecule has 0 atom stereocenters. The van der Waals surface area contributed by atoms with E-state index >= 15 is 0 Å². The fourth-order valence-electron chi connectivity index (χ4n) is 1.79. The molecule has 0 amide bonds. The number of H-pyrrole nitrogens is 1. The molecule has 5 heteroatoms. The van der Waals surface area contributed by atoms with Crippen LogP contribution in [0.4, 0.5) is 8.78 Å². The summed E-state index contributed by atoms with van der Waals surface area (Å²) in [6.45, 7) is 0. The Labute approximate surface area is 107 Å². The second-order valence-corrected chi connectivity index (χ2v) is 3.98. The molecule has 3 aromatic rings. The molecule has 3 nitrogen and oxygen atoms in total. The van der Waals surface area contributed by atoms with Gasteiger partial charge in [0.1, 0.15) is 0 Å². The topological polar surface area (TPSA) is 41.6 Å². The summed E-state index contributed by atoms with van der Waals surface area (Å²) >= 11 is 0. The van der Waals surface area contributed by atoms with Crippen LogP contribution in [-0.2, 0) is 0 Å². The third-order valence-electron chi connectivity index (χ3n) is 2.72. The van der Waals surface area contributed by atoms with Crippen LogP contribution >= 0.6 is 0 Å². The number of aromatic nitrogens is 3. The van der Waals surface area contributed by atoms with Gasteiger partial charge in [-0.3, -0.25) is 5.10 Å². The summed E-state index contributed by atoms with van der Waals surface area (Å²) in [5.74, 6) is -1.19. The van der Waals surface area contributed by atoms with Gasteiger partial charge in [0, 0.05) is 5.56 Å². The Morgan fingerprint density at radius 1 is 0.895 bits per heavy atom. The molecule has 0 aliphatic carbocycles. The second kappa shape index (κ2) is 4.61. The van der Waals surface area contributed by atoms with Crippen LogP contribution in [0.1, 0.15) is 0 Å². The highest BCUT2D eigenvalue weighted by Crippen LogP contribution is 2.23. The van der Waals surface area contributed by atoms with E-state index in [0.717, 1.165) is 11.6 Å². The molecule has 19 heavy (non-hydrogen) atoms. The van der Waals surface area contributed by atoms with E-state index in [0.29, 0.717) is 5.82 Å². The molecule has 1 aromatic heterocycles. The van der Waals surface area contributed by atoms with E-state index in [2.05, 4.69) is 15.2 Å². The van der Waals surface area contributed by atoms with Crippen molar-refractivity contribution in [2.24, 2.45) is 0 Å². The van der Waals surface area contributed by atoms with Gasteiger partial charge in [-0.05, 0) is 12.1 Å². The van der Waals surface area contributed by atoms with Gasteiger partial charge in [-0.1, -0.05) is 36.4 Å². The van der Waals surface area contributed by atoms with Crippen molar-refractivity contribution < 1.29 is 8.78 Å². The maximum absolute atomic E-state index is 13.6. The van der Waals surface area contributed by atoms with Crippen molar-refractivity contribution in [3.63, 3.8) is 0 Å². The summed E-state index contributed by atoms with van der Waals surface area (Å²) in [7, 11) is 0. The fraction of sp³-hybridized carbons (Fsp3) is 0. The molecule has 1 N–H and O–H groups in total. The highest BCUT2D eigenvalue weighted by molar-refractivity contribution is 5.61. The first-order valence-corrected chi connectivity index (χ1v) is 5.68. The summed E-state index contributed by atoms with van der Waals surface area (Å²) in [6.07, 6.45) is 0. The highest BCUT2D eigenvalue weighted by atomic mass is 19.2. The Balaban J connectivity index is 2.05. The predicted octanol–water partition coefficient (Wildman–Crippen LogP) is 3.42. The Kier molecular flexibility index (Phi) is 2.79. The Bertz CT molecular complexity index is 708. The molecule has 0 saturated carbocycles. The Morgan fingerprint density at radius 3 is 2.47 bits per heavy atom. The molecule has 0 aliphatic heterocycles. The van der Waals surface area contributed by atoms with Gasteiger partial charge in [-0.2, -0.15) is 5.10 Å². The van der Waals surface area contributed by atoms with Crippen LogP contribution in [0.5, 0.6) is 0 Å². The van der Waals surface area contributed by atoms with Crippen LogP contribution in [0.2, 0.25) is 0 Å². The predicted molar refractivity (Wildman–Crippen MR) is 67.2 cm³/mol. The van der Waals surface area contributed by atoms with E-state index in [1.165, 1.54) is 12.1 Å². The molecule has 0 fully saturated rings. The molecule has 0 bridgehead atoms. The molecule has 0 aliphatic rings. The van der Waals surface area contributed by atoms with Crippen molar-refractivity contribution in [2.75, 3.05) is 0 Å². The zero-order chi connectivity index (χ0) is 13.2. The summed E-state index contributed by atoms with van der Waals surface area (Å²) in [4.78, 5) is 4.18. The second-order valence-electron chi connectivity index (χ2n) is 3.98. The monoisotopic (exact) mass is 257 g/mol. The quantitative estimate of drug-likeness (QED) is 0.764. The zero-order valence-electron chi connectivity index (χ0n) is 9.77. The van der Waals surface area contributed by atoms with Gasteiger partial charge in [0.25, 0.3) is 0 Å². The van der Waals surface area contributed by atoms with Gasteiger partial charge in [-0.25, -0.2) is 13.8 Å². The van der Waals surface area contributed by atoms with Crippen molar-refractivity contribution >= 4 is 0 Å². The van der Waals surface area contributed by atoms with Gasteiger partial charge >= 0.3 is 0 Å². The lowest BCUT2D eigenvalue weighted by molar-refractivity contribution is 0.510. The molecule has 1 heterocycles. The van der Waals surface area contributed by atoms with E-state index in [-0.39, 0.29) is 11.4 Å². The first-order chi connectivity index (χ1) is 9.25. The average Bonchev–Trinajstić information content (AvgIpc) is 2.92. The number of rotatable bonds is 2. The molecule has 3 rings (SSSR count). The van der Waals surface area contributed by atoms with E-state index < -0.39 is 11.6 Å². The lowest BCUT2D eigenvalue weighted by atomic mass is 10.2. The minimum atomic E-state index is -0.932. The number of nitrogens with one attached hydrogen (secondary N) is 1. The molecular weight excluding hydrogens is 248 g/mol. The normalized spacial score (nSPS) is 10.6. The minimum Gasteiger partial charge on any atom is -0.259 e. The van der Waals surface area contributed by atoms with Crippen molar-refractivity contribution in [3.8, 4) is 22.8 Å². The Morgan fingerprint density at radius 2 is 1.68 bits per heavy atom. The number of aromatic amines is 1. The molecule has 2 aromatic carbocycles. The summed E-state index contributed by atoms with van der Waals surface area (Å²) in [6, 6.07) is 13.2. The standard InChI is InChI=1S/C14H9F2N3/c15-11-8-4-7-10(12(11)16)14-17-13(18-19-14)9-5-2-1-3-6-9/h1-8H,(H,17,18,19). The number of benzene rings is 2. The van der Waals surface area contributed by atoms with Gasteiger partial charge < -0.3 is 0 Å². The van der Waals surface area contributed by atoms with Crippen molar-refractivity contribution in [3.05, 3.63) is 60.2 Å². The molecule has 0 saturated heterocycles. The first-order valence-electron chi connectivity index (χ1n) is 5.68. The van der Waals surface area contributed by atoms with Gasteiger partial charge in [0.2, 0.25) is 0 Å². The smallest absolute Gasteiger partial charge is 0.181 e. The zero-order valence-corrected chi connectivity index (χ0v) is 9.77.